The molecule has 0 aliphatic rings. The van der Waals surface area contributed by atoms with E-state index in [-0.39, 0.29) is 0 Å². The summed E-state index contributed by atoms with van der Waals surface area (Å²) in [7, 11) is 1.74. The smallest absolute Gasteiger partial charge is 0.122 e. The lowest BCUT2D eigenvalue weighted by Gasteiger charge is -2.13. The van der Waals surface area contributed by atoms with Gasteiger partial charge >= 0.3 is 0 Å². The maximum Gasteiger partial charge on any atom is 0.122 e. The van der Waals surface area contributed by atoms with Crippen molar-refractivity contribution in [2.24, 2.45) is 0 Å². The molecule has 82 valence electrons. The third-order valence-corrected chi connectivity index (χ3v) is 2.70. The molecule has 1 aromatic carbocycles. The number of rotatable bonds is 5. The number of allylic oxidation sites excluding steroid dienone is 1. The number of benzene rings is 1. The van der Waals surface area contributed by atoms with Crippen LogP contribution in [-0.2, 0) is 19.3 Å². The average Bonchev–Trinajstić information content (AvgIpc) is 2.28. The summed E-state index contributed by atoms with van der Waals surface area (Å²) in [4.78, 5) is 0. The van der Waals surface area contributed by atoms with E-state index in [1.54, 1.807) is 7.11 Å². The van der Waals surface area contributed by atoms with Crippen molar-refractivity contribution < 1.29 is 4.74 Å². The number of methoxy groups -OCH3 is 1. The van der Waals surface area contributed by atoms with Crippen molar-refractivity contribution >= 4 is 0 Å². The molecule has 0 spiro atoms. The van der Waals surface area contributed by atoms with Gasteiger partial charge in [-0.1, -0.05) is 26.0 Å². The second kappa shape index (κ2) is 5.59. The van der Waals surface area contributed by atoms with E-state index in [9.17, 15) is 0 Å². The van der Waals surface area contributed by atoms with E-state index in [0.29, 0.717) is 0 Å². The van der Waals surface area contributed by atoms with E-state index < -0.39 is 0 Å². The molecule has 1 rings (SSSR count). The summed E-state index contributed by atoms with van der Waals surface area (Å²) < 4.78 is 5.43. The first-order valence-electron chi connectivity index (χ1n) is 5.56. The fourth-order valence-corrected chi connectivity index (χ4v) is 1.95. The molecule has 0 unspecified atom stereocenters. The fraction of sp³-hybridized carbons (Fsp3) is 0.429. The number of aryl methyl sites for hydroxylation is 1. The molecule has 0 fully saturated rings. The third-order valence-electron chi connectivity index (χ3n) is 2.70. The highest BCUT2D eigenvalue weighted by molar-refractivity contribution is 5.44. The summed E-state index contributed by atoms with van der Waals surface area (Å²) in [5.41, 5.74) is 4.03. The van der Waals surface area contributed by atoms with Gasteiger partial charge in [0.05, 0.1) is 7.11 Å². The molecule has 15 heavy (non-hydrogen) atoms. The first kappa shape index (κ1) is 11.8. The van der Waals surface area contributed by atoms with Crippen LogP contribution in [0.2, 0.25) is 0 Å². The molecule has 0 amide bonds. The summed E-state index contributed by atoms with van der Waals surface area (Å²) in [6.07, 6.45) is 4.93. The Balaban J connectivity index is 3.22. The van der Waals surface area contributed by atoms with Crippen molar-refractivity contribution in [2.75, 3.05) is 7.11 Å². The van der Waals surface area contributed by atoms with Gasteiger partial charge in [-0.05, 0) is 42.0 Å². The predicted molar refractivity (Wildman–Crippen MR) is 65.7 cm³/mol. The minimum absolute atomic E-state index is 0.910. The summed E-state index contributed by atoms with van der Waals surface area (Å²) in [5.74, 6) is 1.02. The van der Waals surface area contributed by atoms with Crippen LogP contribution in [0.5, 0.6) is 5.75 Å². The van der Waals surface area contributed by atoms with E-state index in [1.165, 1.54) is 16.7 Å². The van der Waals surface area contributed by atoms with Crippen molar-refractivity contribution in [1.29, 1.82) is 0 Å². The van der Waals surface area contributed by atoms with E-state index in [4.69, 9.17) is 4.74 Å². The van der Waals surface area contributed by atoms with Crippen LogP contribution in [0.4, 0.5) is 0 Å². The lowest BCUT2D eigenvalue weighted by molar-refractivity contribution is 0.409. The molecule has 0 radical (unpaired) electrons. The molecule has 0 N–H and O–H groups in total. The molecule has 1 nitrogen and oxygen atoms in total. The molecule has 0 bridgehead atoms. The molecule has 0 aliphatic carbocycles. The molecule has 0 aromatic heterocycles. The monoisotopic (exact) mass is 204 g/mol. The topological polar surface area (TPSA) is 9.23 Å². The number of hydrogen-bond donors (Lipinski definition) is 0. The lowest BCUT2D eigenvalue weighted by Crippen LogP contribution is -1.98. The molecule has 0 saturated carbocycles. The average molecular weight is 204 g/mol. The molecular formula is C14H20O. The highest BCUT2D eigenvalue weighted by atomic mass is 16.5. The molecule has 1 heteroatoms. The predicted octanol–water partition coefficient (Wildman–Crippen LogP) is 3.55. The Morgan fingerprint density at radius 1 is 1.27 bits per heavy atom. The Hall–Kier alpha value is -1.24. The van der Waals surface area contributed by atoms with Gasteiger partial charge in [-0.15, -0.1) is 6.58 Å². The molecule has 0 saturated heterocycles. The highest BCUT2D eigenvalue weighted by Gasteiger charge is 2.08. The first-order valence-corrected chi connectivity index (χ1v) is 5.56. The Labute approximate surface area is 92.8 Å². The van der Waals surface area contributed by atoms with Gasteiger partial charge in [-0.2, -0.15) is 0 Å². The summed E-state index contributed by atoms with van der Waals surface area (Å²) in [6, 6.07) is 4.39. The quantitative estimate of drug-likeness (QED) is 0.666. The summed E-state index contributed by atoms with van der Waals surface area (Å²) in [5, 5.41) is 0. The van der Waals surface area contributed by atoms with Gasteiger partial charge in [0.15, 0.2) is 0 Å². The van der Waals surface area contributed by atoms with Crippen LogP contribution in [-0.4, -0.2) is 7.11 Å². The van der Waals surface area contributed by atoms with E-state index in [1.807, 2.05) is 6.08 Å². The molecular weight excluding hydrogens is 184 g/mol. The third kappa shape index (κ3) is 2.62. The van der Waals surface area contributed by atoms with Gasteiger partial charge in [0.25, 0.3) is 0 Å². The SMILES string of the molecule is C=CCc1cc(CC)c(CC)c(OC)c1. The fourth-order valence-electron chi connectivity index (χ4n) is 1.95. The minimum Gasteiger partial charge on any atom is -0.496 e. The van der Waals surface area contributed by atoms with Crippen LogP contribution in [0.15, 0.2) is 24.8 Å². The Kier molecular flexibility index (Phi) is 4.41. The zero-order valence-corrected chi connectivity index (χ0v) is 9.97. The zero-order chi connectivity index (χ0) is 11.3. The van der Waals surface area contributed by atoms with Gasteiger partial charge in [-0.3, -0.25) is 0 Å². The first-order chi connectivity index (χ1) is 7.26. The van der Waals surface area contributed by atoms with Crippen molar-refractivity contribution in [3.8, 4) is 5.75 Å². The van der Waals surface area contributed by atoms with Crippen molar-refractivity contribution in [3.05, 3.63) is 41.5 Å². The van der Waals surface area contributed by atoms with Crippen molar-refractivity contribution in [3.63, 3.8) is 0 Å². The van der Waals surface area contributed by atoms with Crippen LogP contribution in [0.25, 0.3) is 0 Å². The summed E-state index contributed by atoms with van der Waals surface area (Å²) in [6.45, 7) is 8.13. The van der Waals surface area contributed by atoms with E-state index >= 15 is 0 Å². The molecule has 0 aliphatic heterocycles. The van der Waals surface area contributed by atoms with Gasteiger partial charge in [0.1, 0.15) is 5.75 Å². The molecule has 1 aromatic rings. The second-order valence-electron chi connectivity index (χ2n) is 3.64. The maximum absolute atomic E-state index is 5.43. The van der Waals surface area contributed by atoms with E-state index in [2.05, 4.69) is 32.6 Å². The standard InChI is InChI=1S/C14H20O/c1-5-8-11-9-12(6-2)13(7-3)14(10-11)15-4/h5,9-10H,1,6-8H2,2-4H3. The van der Waals surface area contributed by atoms with Gasteiger partial charge in [0, 0.05) is 0 Å². The van der Waals surface area contributed by atoms with Crippen LogP contribution in [0.1, 0.15) is 30.5 Å². The Morgan fingerprint density at radius 3 is 2.47 bits per heavy atom. The number of ether oxygens (including phenoxy) is 1. The second-order valence-corrected chi connectivity index (χ2v) is 3.64. The van der Waals surface area contributed by atoms with Crippen molar-refractivity contribution in [2.45, 2.75) is 33.1 Å². The van der Waals surface area contributed by atoms with Crippen LogP contribution < -0.4 is 4.74 Å². The van der Waals surface area contributed by atoms with Gasteiger partial charge in [-0.25, -0.2) is 0 Å². The lowest BCUT2D eigenvalue weighted by atomic mass is 9.97. The molecule has 0 atom stereocenters. The van der Waals surface area contributed by atoms with Crippen LogP contribution >= 0.6 is 0 Å². The zero-order valence-electron chi connectivity index (χ0n) is 9.97. The maximum atomic E-state index is 5.43. The Bertz CT molecular complexity index is 314. The van der Waals surface area contributed by atoms with Crippen LogP contribution in [0.3, 0.4) is 0 Å². The minimum atomic E-state index is 0.910. The Morgan fingerprint density at radius 2 is 2.00 bits per heavy atom. The largest absolute Gasteiger partial charge is 0.496 e. The highest BCUT2D eigenvalue weighted by Crippen LogP contribution is 2.26. The van der Waals surface area contributed by atoms with Crippen molar-refractivity contribution in [1.82, 2.24) is 0 Å². The molecule has 0 heterocycles. The van der Waals surface area contributed by atoms with Crippen LogP contribution in [0, 0.1) is 0 Å². The summed E-state index contributed by atoms with van der Waals surface area (Å²) >= 11 is 0. The number of hydrogen-bond acceptors (Lipinski definition) is 1. The van der Waals surface area contributed by atoms with Gasteiger partial charge in [0.2, 0.25) is 0 Å². The van der Waals surface area contributed by atoms with E-state index in [0.717, 1.165) is 25.0 Å². The normalized spacial score (nSPS) is 10.1. The van der Waals surface area contributed by atoms with Gasteiger partial charge < -0.3 is 4.74 Å².